The number of carbonyl (C=O) groups excluding carboxylic acids is 4. The van der Waals surface area contributed by atoms with Crippen LogP contribution in [-0.4, -0.2) is 130 Å². The molecule has 0 radical (unpaired) electrons. The van der Waals surface area contributed by atoms with Gasteiger partial charge in [0, 0.05) is 64.4 Å². The Morgan fingerprint density at radius 3 is 0.810 bits per heavy atom. The molecule has 6 aromatic carbocycles. The van der Waals surface area contributed by atoms with Crippen LogP contribution in [0, 0.1) is 0 Å². The number of ether oxygens (including phenoxy) is 3. The molecule has 0 aromatic heterocycles. The highest BCUT2D eigenvalue weighted by molar-refractivity contribution is 6.26. The van der Waals surface area contributed by atoms with Crippen molar-refractivity contribution in [2.75, 3.05) is 64.5 Å². The van der Waals surface area contributed by atoms with Gasteiger partial charge in [-0.1, -0.05) is 104 Å². The van der Waals surface area contributed by atoms with Crippen LogP contribution in [0.2, 0.25) is 0 Å². The first kappa shape index (κ1) is 99.9. The molecule has 3 atom stereocenters. The lowest BCUT2D eigenvalue weighted by molar-refractivity contribution is -0.145. The van der Waals surface area contributed by atoms with E-state index in [0.717, 1.165) is 16.7 Å². The molecule has 5 fully saturated rings. The lowest BCUT2D eigenvalue weighted by atomic mass is 9.63. The first-order valence-electron chi connectivity index (χ1n) is 38.6. The molecule has 2 aliphatic heterocycles. The van der Waals surface area contributed by atoms with Crippen molar-refractivity contribution in [2.45, 2.75) is 205 Å². The van der Waals surface area contributed by atoms with Gasteiger partial charge in [0.2, 0.25) is 11.8 Å². The molecule has 7 N–H and O–H groups in total. The van der Waals surface area contributed by atoms with Crippen molar-refractivity contribution in [3.63, 3.8) is 0 Å². The van der Waals surface area contributed by atoms with Crippen molar-refractivity contribution >= 4 is 47.1 Å². The van der Waals surface area contributed by atoms with E-state index in [2.05, 4.69) is 29.5 Å². The zero-order valence-corrected chi connectivity index (χ0v) is 67.9. The van der Waals surface area contributed by atoms with E-state index in [1.165, 1.54) is 30.6 Å². The zero-order chi connectivity index (χ0) is 90.0. The molecule has 15 nitrogen and oxygen atoms in total. The number of aliphatic hydroxyl groups is 3. The van der Waals surface area contributed by atoms with Gasteiger partial charge in [0.05, 0.1) is 71.5 Å². The predicted octanol–water partition coefficient (Wildman–Crippen LogP) is 20.8. The highest BCUT2D eigenvalue weighted by atomic mass is 35.5. The molecule has 2 saturated heterocycles. The lowest BCUT2D eigenvalue weighted by Crippen LogP contribution is -2.55. The Hall–Kier alpha value is -8.24. The highest BCUT2D eigenvalue weighted by Gasteiger charge is 2.54. The van der Waals surface area contributed by atoms with Gasteiger partial charge in [-0.05, 0) is 205 Å². The van der Waals surface area contributed by atoms with Crippen LogP contribution < -0.4 is 16.4 Å². The van der Waals surface area contributed by atoms with Crippen LogP contribution in [0.4, 0.5) is 88.6 Å². The van der Waals surface area contributed by atoms with Crippen molar-refractivity contribution in [1.82, 2.24) is 20.4 Å². The molecular weight excluding hydrogens is 1680 g/mol. The fraction of sp³-hybridized carbons (Fsp3) is 0.500. The summed E-state index contributed by atoms with van der Waals surface area (Å²) in [6.07, 6.45) is -26.1. The number of urea groups is 2. The van der Waals surface area contributed by atoms with Gasteiger partial charge in [0.1, 0.15) is 13.1 Å². The monoisotopic (exact) mass is 1770 g/mol. The molecule has 2 heterocycles. The molecular formula is C86H97Cl2F18N5O10. The minimum atomic E-state index is -4.97. The van der Waals surface area contributed by atoms with E-state index < -0.39 is 145 Å². The molecule has 3 aliphatic carbocycles. The van der Waals surface area contributed by atoms with Gasteiger partial charge in [-0.3, -0.25) is 20.2 Å². The summed E-state index contributed by atoms with van der Waals surface area (Å²) in [6, 6.07) is 31.3. The van der Waals surface area contributed by atoms with E-state index in [4.69, 9.17) is 43.1 Å². The SMILES string of the molecule is C=C=C.C[C@@H](OCC1(c2ccccc2)CCC(CCO)(N2CC(=O)NC2=O)CC1)c1cc(C(F)(F)F)cc(C(F)(F)F)c1.C[C@@H](OCC1(c2ccccc2)CCC(CCO)(N2CC(=O)NC2=O)CC1)c1cc(C(F)(F)F)cc(C(F)(F)F)c1.C[C@@H](OCC1(c2ccccc2)CCC(N)(CCO)CC1)c1cc(C(F)(F)F)cc(C(F)(F)F)c1.ClCCCl. The van der Waals surface area contributed by atoms with Crippen molar-refractivity contribution in [3.05, 3.63) is 231 Å². The summed E-state index contributed by atoms with van der Waals surface area (Å²) < 4.78 is 258. The third-order valence-corrected chi connectivity index (χ3v) is 23.8. The van der Waals surface area contributed by atoms with Gasteiger partial charge in [-0.2, -0.15) is 79.0 Å². The predicted molar refractivity (Wildman–Crippen MR) is 416 cm³/mol. The normalized spacial score (nSPS) is 23.6. The van der Waals surface area contributed by atoms with Crippen LogP contribution in [0.25, 0.3) is 0 Å². The van der Waals surface area contributed by atoms with E-state index in [1.54, 1.807) is 0 Å². The average molecular weight is 1770 g/mol. The third kappa shape index (κ3) is 26.2. The summed E-state index contributed by atoms with van der Waals surface area (Å²) in [5, 5.41) is 33.4. The van der Waals surface area contributed by atoms with Gasteiger partial charge in [0.15, 0.2) is 0 Å². The lowest BCUT2D eigenvalue weighted by Gasteiger charge is -2.50. The standard InChI is InChI=1S/2C28H30F6N2O4.C25H29F6NO2.C3H4.C2H4Cl2/c2*1-18(19-13-21(27(29,30)31)15-22(14-19)28(32,33)34)40-17-25(20-5-3-2-4-6-20)7-9-26(10-8-25,11-12-37)36-16-23(38)35-24(36)39;1-17(18-13-20(24(26,27)28)15-21(14-18)25(29,30)31)34-16-22(19-5-3-2-4-6-19)7-9-23(32,10-8-22)11-12-33;1-3-2;3-1-2-4/h2*2-6,13-15,18,37H,7-12,16-17H2,1H3,(H,35,38,39);2-6,13-15,17,33H,7-12,16,32H2,1H3;1-2H2;1-2H2/t2*18-,25?,26?;17-,22?,23?;;/m111../s1. The van der Waals surface area contributed by atoms with Crippen molar-refractivity contribution in [2.24, 2.45) is 5.73 Å². The summed E-state index contributed by atoms with van der Waals surface area (Å²) in [7, 11) is 0. The third-order valence-electron chi connectivity index (χ3n) is 23.3. The molecule has 0 unspecified atom stereocenters. The van der Waals surface area contributed by atoms with Crippen LogP contribution in [0.1, 0.15) is 202 Å². The number of nitrogens with one attached hydrogen (secondary N) is 2. The largest absolute Gasteiger partial charge is 0.416 e. The molecule has 11 rings (SSSR count). The number of imide groups is 2. The molecule has 666 valence electrons. The number of hydrogen-bond donors (Lipinski definition) is 6. The fourth-order valence-corrected chi connectivity index (χ4v) is 16.2. The van der Waals surface area contributed by atoms with Gasteiger partial charge in [-0.15, -0.1) is 28.9 Å². The van der Waals surface area contributed by atoms with Crippen molar-refractivity contribution in [1.29, 1.82) is 0 Å². The Morgan fingerprint density at radius 1 is 0.397 bits per heavy atom. The molecule has 6 aromatic rings. The van der Waals surface area contributed by atoms with E-state index in [0.29, 0.717) is 132 Å². The number of nitrogens with two attached hydrogens (primary N) is 1. The Kier molecular flexibility index (Phi) is 34.2. The molecule has 121 heavy (non-hydrogen) atoms. The van der Waals surface area contributed by atoms with Crippen LogP contribution in [0.5, 0.6) is 0 Å². The minimum Gasteiger partial charge on any atom is -0.396 e. The van der Waals surface area contributed by atoms with Crippen molar-refractivity contribution < 1.29 is 128 Å². The zero-order valence-electron chi connectivity index (χ0n) is 66.4. The van der Waals surface area contributed by atoms with Gasteiger partial charge < -0.3 is 45.1 Å². The van der Waals surface area contributed by atoms with E-state index in [9.17, 15) is 114 Å². The average Bonchev–Trinajstić information content (AvgIpc) is 1.74. The van der Waals surface area contributed by atoms with Crippen LogP contribution in [-0.2, 0) is 77.1 Å². The molecule has 0 spiro atoms. The van der Waals surface area contributed by atoms with Crippen molar-refractivity contribution in [3.8, 4) is 0 Å². The maximum absolute atomic E-state index is 13.4. The molecule has 5 aliphatic rings. The number of hydrogen-bond acceptors (Lipinski definition) is 11. The molecule has 35 heteroatoms. The smallest absolute Gasteiger partial charge is 0.396 e. The summed E-state index contributed by atoms with van der Waals surface area (Å²) >= 11 is 10.1. The Bertz CT molecular complexity index is 4120. The van der Waals surface area contributed by atoms with E-state index >= 15 is 0 Å². The van der Waals surface area contributed by atoms with E-state index in [1.807, 2.05) is 91.0 Å². The fourth-order valence-electron chi connectivity index (χ4n) is 16.2. The number of halogens is 20. The number of nitrogens with zero attached hydrogens (tertiary/aromatic N) is 2. The maximum atomic E-state index is 13.4. The number of alkyl halides is 20. The van der Waals surface area contributed by atoms with Crippen LogP contribution in [0.3, 0.4) is 0 Å². The number of carbonyl (C=O) groups is 4. The second kappa shape index (κ2) is 41.5. The molecule has 6 amide bonds. The minimum absolute atomic E-state index is 0.00386. The number of rotatable bonds is 24. The number of aliphatic hydroxyl groups excluding tert-OH is 3. The number of benzene rings is 6. The summed E-state index contributed by atoms with van der Waals surface area (Å²) in [5.41, 5.74) is -1.51. The summed E-state index contributed by atoms with van der Waals surface area (Å²) in [6.45, 7) is 9.94. The maximum Gasteiger partial charge on any atom is 0.416 e. The topological polar surface area (TPSA) is 213 Å². The second-order valence-corrected chi connectivity index (χ2v) is 31.8. The first-order chi connectivity index (χ1) is 56.5. The highest BCUT2D eigenvalue weighted by Crippen LogP contribution is 2.52. The molecule has 0 bridgehead atoms. The molecule has 3 saturated carbocycles. The Labute approximate surface area is 698 Å². The van der Waals surface area contributed by atoms with E-state index in [-0.39, 0.29) is 100 Å². The Balaban J connectivity index is 0.000000241. The van der Waals surface area contributed by atoms with Gasteiger partial charge >= 0.3 is 49.1 Å². The van der Waals surface area contributed by atoms with Crippen LogP contribution in [0.15, 0.2) is 164 Å². The van der Waals surface area contributed by atoms with Gasteiger partial charge in [-0.25, -0.2) is 9.59 Å². The quantitative estimate of drug-likeness (QED) is 0.0145. The van der Waals surface area contributed by atoms with Crippen LogP contribution >= 0.6 is 23.2 Å². The second-order valence-electron chi connectivity index (χ2n) is 31.1. The summed E-state index contributed by atoms with van der Waals surface area (Å²) in [5.74, 6) is 0.251. The number of amides is 6. The van der Waals surface area contributed by atoms with Gasteiger partial charge in [0.25, 0.3) is 0 Å². The Morgan fingerprint density at radius 2 is 0.620 bits per heavy atom. The first-order valence-corrected chi connectivity index (χ1v) is 39.7. The summed E-state index contributed by atoms with van der Waals surface area (Å²) in [4.78, 5) is 51.7.